The second-order valence-corrected chi connectivity index (χ2v) is 6.06. The molecule has 0 amide bonds. The van der Waals surface area contributed by atoms with Gasteiger partial charge in [-0.05, 0) is 43.5 Å². The van der Waals surface area contributed by atoms with Gasteiger partial charge < -0.3 is 5.11 Å². The van der Waals surface area contributed by atoms with E-state index in [-0.39, 0.29) is 0 Å². The molecule has 0 spiro atoms. The van der Waals surface area contributed by atoms with Crippen molar-refractivity contribution < 1.29 is 5.11 Å². The summed E-state index contributed by atoms with van der Waals surface area (Å²) in [5, 5.41) is 15.0. The van der Waals surface area contributed by atoms with E-state index in [4.69, 9.17) is 0 Å². The minimum Gasteiger partial charge on any atom is -0.386 e. The van der Waals surface area contributed by atoms with Crippen molar-refractivity contribution in [3.8, 4) is 0 Å². The summed E-state index contributed by atoms with van der Waals surface area (Å²) in [6.07, 6.45) is 10.1. The summed E-state index contributed by atoms with van der Waals surface area (Å²) >= 11 is 0. The molecular formula is C17H23N3O. The topological polar surface area (TPSA) is 50.9 Å². The van der Waals surface area contributed by atoms with Crippen LogP contribution < -0.4 is 0 Å². The molecule has 1 saturated carbocycles. The molecule has 1 aliphatic carbocycles. The van der Waals surface area contributed by atoms with Crippen LogP contribution >= 0.6 is 0 Å². The van der Waals surface area contributed by atoms with Gasteiger partial charge in [0.05, 0.1) is 17.4 Å². The van der Waals surface area contributed by atoms with E-state index in [0.717, 1.165) is 17.0 Å². The number of rotatable bonds is 4. The molecule has 2 heterocycles. The summed E-state index contributed by atoms with van der Waals surface area (Å²) < 4.78 is 2.09. The van der Waals surface area contributed by atoms with Crippen LogP contribution in [0.3, 0.4) is 0 Å². The smallest absolute Gasteiger partial charge is 0.102 e. The Labute approximate surface area is 125 Å². The quantitative estimate of drug-likeness (QED) is 0.937. The second-order valence-electron chi connectivity index (χ2n) is 6.06. The molecule has 4 heteroatoms. The van der Waals surface area contributed by atoms with Crippen LogP contribution in [0.2, 0.25) is 0 Å². The highest BCUT2D eigenvalue weighted by Gasteiger charge is 2.17. The van der Waals surface area contributed by atoms with Gasteiger partial charge in [0.1, 0.15) is 6.10 Å². The van der Waals surface area contributed by atoms with Gasteiger partial charge in [-0.2, -0.15) is 5.10 Å². The predicted octanol–water partition coefficient (Wildman–Crippen LogP) is 3.37. The Morgan fingerprint density at radius 3 is 2.86 bits per heavy atom. The Hall–Kier alpha value is -1.68. The SMILES string of the molecule is Cc1ccnc(C(O)Cc2ccn(C3CCCCC3)n2)c1. The zero-order chi connectivity index (χ0) is 14.7. The summed E-state index contributed by atoms with van der Waals surface area (Å²) in [4.78, 5) is 4.25. The molecular weight excluding hydrogens is 262 g/mol. The number of aromatic nitrogens is 3. The number of aliphatic hydroxyl groups excluding tert-OH is 1. The van der Waals surface area contributed by atoms with Crippen LogP contribution in [0, 0.1) is 6.92 Å². The second kappa shape index (κ2) is 6.39. The first-order valence-corrected chi connectivity index (χ1v) is 7.87. The Morgan fingerprint density at radius 1 is 1.29 bits per heavy atom. The summed E-state index contributed by atoms with van der Waals surface area (Å²) in [5.41, 5.74) is 2.78. The maximum Gasteiger partial charge on any atom is 0.102 e. The molecule has 0 aromatic carbocycles. The van der Waals surface area contributed by atoms with Crippen LogP contribution in [0.15, 0.2) is 30.6 Å². The van der Waals surface area contributed by atoms with Crippen molar-refractivity contribution >= 4 is 0 Å². The van der Waals surface area contributed by atoms with Gasteiger partial charge in [0.2, 0.25) is 0 Å². The lowest BCUT2D eigenvalue weighted by Gasteiger charge is -2.21. The van der Waals surface area contributed by atoms with E-state index in [0.29, 0.717) is 12.5 Å². The fourth-order valence-electron chi connectivity index (χ4n) is 3.08. The molecule has 0 radical (unpaired) electrons. The lowest BCUT2D eigenvalue weighted by Crippen LogP contribution is -2.14. The third-order valence-electron chi connectivity index (χ3n) is 4.29. The summed E-state index contributed by atoms with van der Waals surface area (Å²) in [5.74, 6) is 0. The molecule has 112 valence electrons. The van der Waals surface area contributed by atoms with Gasteiger partial charge in [-0.25, -0.2) is 0 Å². The molecule has 21 heavy (non-hydrogen) atoms. The Kier molecular flexibility index (Phi) is 4.34. The molecule has 3 rings (SSSR count). The van der Waals surface area contributed by atoms with Crippen LogP contribution in [-0.2, 0) is 6.42 Å². The van der Waals surface area contributed by atoms with Gasteiger partial charge >= 0.3 is 0 Å². The first kappa shape index (κ1) is 14.3. The van der Waals surface area contributed by atoms with E-state index in [9.17, 15) is 5.11 Å². The fourth-order valence-corrected chi connectivity index (χ4v) is 3.08. The molecule has 0 bridgehead atoms. The van der Waals surface area contributed by atoms with E-state index in [1.54, 1.807) is 6.20 Å². The fraction of sp³-hybridized carbons (Fsp3) is 0.529. The van der Waals surface area contributed by atoms with Crippen molar-refractivity contribution in [1.29, 1.82) is 0 Å². The third-order valence-corrected chi connectivity index (χ3v) is 4.29. The molecule has 4 nitrogen and oxygen atoms in total. The standard InChI is InChI=1S/C17H23N3O/c1-13-7-9-18-16(11-13)17(21)12-14-8-10-20(19-14)15-5-3-2-4-6-15/h7-11,15,17,21H,2-6,12H2,1H3. The average Bonchev–Trinajstić information content (AvgIpc) is 2.97. The van der Waals surface area contributed by atoms with Crippen molar-refractivity contribution in [1.82, 2.24) is 14.8 Å². The van der Waals surface area contributed by atoms with Crippen molar-refractivity contribution in [2.24, 2.45) is 0 Å². The van der Waals surface area contributed by atoms with Crippen molar-refractivity contribution in [3.63, 3.8) is 0 Å². The highest BCUT2D eigenvalue weighted by atomic mass is 16.3. The minimum absolute atomic E-state index is 0.524. The van der Waals surface area contributed by atoms with E-state index in [1.165, 1.54) is 32.1 Å². The Morgan fingerprint density at radius 2 is 2.10 bits per heavy atom. The largest absolute Gasteiger partial charge is 0.386 e. The number of hydrogen-bond acceptors (Lipinski definition) is 3. The number of pyridine rings is 1. The molecule has 2 aromatic rings. The third kappa shape index (κ3) is 3.50. The van der Waals surface area contributed by atoms with Crippen molar-refractivity contribution in [3.05, 3.63) is 47.5 Å². The van der Waals surface area contributed by atoms with Gasteiger partial charge in [-0.1, -0.05) is 19.3 Å². The Balaban J connectivity index is 1.66. The highest BCUT2D eigenvalue weighted by Crippen LogP contribution is 2.27. The number of nitrogens with zero attached hydrogens (tertiary/aromatic N) is 3. The first-order chi connectivity index (χ1) is 10.2. The normalized spacial score (nSPS) is 17.8. The minimum atomic E-state index is -0.584. The molecule has 2 aromatic heterocycles. The average molecular weight is 285 g/mol. The number of aryl methyl sites for hydroxylation is 1. The molecule has 0 saturated heterocycles. The summed E-state index contributed by atoms with van der Waals surface area (Å²) in [7, 11) is 0. The summed E-state index contributed by atoms with van der Waals surface area (Å²) in [6, 6.07) is 6.44. The van der Waals surface area contributed by atoms with Crippen LogP contribution in [0.1, 0.15) is 61.2 Å². The predicted molar refractivity (Wildman–Crippen MR) is 82.0 cm³/mol. The molecule has 1 unspecified atom stereocenters. The van der Waals surface area contributed by atoms with Crippen molar-refractivity contribution in [2.45, 2.75) is 57.6 Å². The van der Waals surface area contributed by atoms with E-state index < -0.39 is 6.10 Å². The number of aliphatic hydroxyl groups is 1. The van der Waals surface area contributed by atoms with Gasteiger partial charge in [0.25, 0.3) is 0 Å². The maximum atomic E-state index is 10.3. The van der Waals surface area contributed by atoms with Gasteiger partial charge in [0, 0.05) is 18.8 Å². The van der Waals surface area contributed by atoms with Crippen LogP contribution in [0.5, 0.6) is 0 Å². The Bertz CT molecular complexity index is 587. The molecule has 1 N–H and O–H groups in total. The molecule has 0 aliphatic heterocycles. The molecule has 1 aliphatic rings. The van der Waals surface area contributed by atoms with Crippen LogP contribution in [0.25, 0.3) is 0 Å². The van der Waals surface area contributed by atoms with Crippen LogP contribution in [0.4, 0.5) is 0 Å². The summed E-state index contributed by atoms with van der Waals surface area (Å²) in [6.45, 7) is 2.01. The zero-order valence-electron chi connectivity index (χ0n) is 12.6. The van der Waals surface area contributed by atoms with Gasteiger partial charge in [0.15, 0.2) is 0 Å². The van der Waals surface area contributed by atoms with Gasteiger partial charge in [-0.15, -0.1) is 0 Å². The van der Waals surface area contributed by atoms with E-state index >= 15 is 0 Å². The van der Waals surface area contributed by atoms with Crippen molar-refractivity contribution in [2.75, 3.05) is 0 Å². The van der Waals surface area contributed by atoms with E-state index in [2.05, 4.69) is 21.0 Å². The zero-order valence-corrected chi connectivity index (χ0v) is 12.6. The molecule has 1 atom stereocenters. The van der Waals surface area contributed by atoms with Crippen LogP contribution in [-0.4, -0.2) is 19.9 Å². The van der Waals surface area contributed by atoms with Gasteiger partial charge in [-0.3, -0.25) is 9.67 Å². The van der Waals surface area contributed by atoms with E-state index in [1.807, 2.05) is 25.1 Å². The first-order valence-electron chi connectivity index (χ1n) is 7.87. The number of hydrogen-bond donors (Lipinski definition) is 1. The lowest BCUT2D eigenvalue weighted by molar-refractivity contribution is 0.171. The molecule has 1 fully saturated rings. The highest BCUT2D eigenvalue weighted by molar-refractivity contribution is 5.17. The maximum absolute atomic E-state index is 10.3. The monoisotopic (exact) mass is 285 g/mol. The lowest BCUT2D eigenvalue weighted by atomic mass is 9.96.